The van der Waals surface area contributed by atoms with Gasteiger partial charge >= 0.3 is 0 Å². The number of rotatable bonds is 2. The molecule has 0 atom stereocenters. The predicted octanol–water partition coefficient (Wildman–Crippen LogP) is 2.87. The maximum absolute atomic E-state index is 8.77. The van der Waals surface area contributed by atoms with Gasteiger partial charge < -0.3 is 0 Å². The van der Waals surface area contributed by atoms with Gasteiger partial charge in [0.15, 0.2) is 5.16 Å². The lowest BCUT2D eigenvalue weighted by molar-refractivity contribution is 0.921. The fraction of sp³-hybridized carbons (Fsp3) is 0.100. The van der Waals surface area contributed by atoms with E-state index in [4.69, 9.17) is 5.26 Å². The highest BCUT2D eigenvalue weighted by Gasteiger charge is 2.04. The number of aromatic nitrogens is 2. The molecular formula is C10H7N3S2. The maximum atomic E-state index is 8.77. The lowest BCUT2D eigenvalue weighted by atomic mass is 10.4. The van der Waals surface area contributed by atoms with Gasteiger partial charge in [0, 0.05) is 5.69 Å². The molecule has 0 amide bonds. The molecule has 2 rings (SSSR count). The van der Waals surface area contributed by atoms with Gasteiger partial charge in [0.05, 0.1) is 4.21 Å². The Bertz CT molecular complexity index is 500. The summed E-state index contributed by atoms with van der Waals surface area (Å²) in [6.07, 6.45) is 0. The zero-order chi connectivity index (χ0) is 10.7. The molecular weight excluding hydrogens is 226 g/mol. The van der Waals surface area contributed by atoms with Crippen molar-refractivity contribution in [1.29, 1.82) is 5.26 Å². The van der Waals surface area contributed by atoms with Crippen LogP contribution in [-0.4, -0.2) is 9.97 Å². The second kappa shape index (κ2) is 4.43. The van der Waals surface area contributed by atoms with E-state index in [0.29, 0.717) is 10.9 Å². The fourth-order valence-electron chi connectivity index (χ4n) is 1.06. The molecule has 2 aromatic rings. The molecule has 0 bridgehead atoms. The van der Waals surface area contributed by atoms with Crippen LogP contribution < -0.4 is 0 Å². The molecule has 2 heterocycles. The van der Waals surface area contributed by atoms with E-state index in [1.165, 1.54) is 11.8 Å². The first-order valence-electron chi connectivity index (χ1n) is 4.25. The van der Waals surface area contributed by atoms with Gasteiger partial charge in [-0.05, 0) is 36.2 Å². The predicted molar refractivity (Wildman–Crippen MR) is 59.9 cm³/mol. The summed E-state index contributed by atoms with van der Waals surface area (Å²) in [6.45, 7) is 1.86. The smallest absolute Gasteiger partial charge is 0.194 e. The number of aryl methyl sites for hydroxylation is 1. The van der Waals surface area contributed by atoms with E-state index >= 15 is 0 Å². The Hall–Kier alpha value is -1.38. The Balaban J connectivity index is 2.29. The molecule has 15 heavy (non-hydrogen) atoms. The lowest BCUT2D eigenvalue weighted by Crippen LogP contribution is -1.92. The van der Waals surface area contributed by atoms with Crippen LogP contribution in [0.15, 0.2) is 32.9 Å². The minimum atomic E-state index is 0.418. The molecule has 0 N–H and O–H groups in total. The van der Waals surface area contributed by atoms with E-state index in [0.717, 1.165) is 9.90 Å². The van der Waals surface area contributed by atoms with Crippen LogP contribution in [0.3, 0.4) is 0 Å². The second-order valence-electron chi connectivity index (χ2n) is 2.82. The third-order valence-corrected chi connectivity index (χ3v) is 3.54. The monoisotopic (exact) mass is 233 g/mol. The summed E-state index contributed by atoms with van der Waals surface area (Å²) in [6, 6.07) is 7.69. The molecule has 74 valence electrons. The molecule has 0 saturated heterocycles. The van der Waals surface area contributed by atoms with Crippen molar-refractivity contribution in [3.63, 3.8) is 0 Å². The standard InChI is InChI=1S/C10H7N3S2/c1-7-5-8(6-11)13-10(12-7)15-9-3-2-4-14-9/h2-5H,1H3. The molecule has 5 heteroatoms. The fourth-order valence-corrected chi connectivity index (χ4v) is 2.75. The molecule has 0 aliphatic carbocycles. The number of hydrogen-bond acceptors (Lipinski definition) is 5. The summed E-state index contributed by atoms with van der Waals surface area (Å²) >= 11 is 3.12. The molecule has 0 fully saturated rings. The van der Waals surface area contributed by atoms with Gasteiger partial charge in [-0.15, -0.1) is 11.3 Å². The van der Waals surface area contributed by atoms with Crippen molar-refractivity contribution < 1.29 is 0 Å². The molecule has 0 saturated carbocycles. The van der Waals surface area contributed by atoms with Crippen molar-refractivity contribution in [2.24, 2.45) is 0 Å². The van der Waals surface area contributed by atoms with Crippen LogP contribution in [0.2, 0.25) is 0 Å². The van der Waals surface area contributed by atoms with Crippen molar-refractivity contribution in [1.82, 2.24) is 9.97 Å². The molecule has 0 radical (unpaired) electrons. The van der Waals surface area contributed by atoms with E-state index in [9.17, 15) is 0 Å². The van der Waals surface area contributed by atoms with Crippen LogP contribution in [0, 0.1) is 18.3 Å². The molecule has 0 aromatic carbocycles. The van der Waals surface area contributed by atoms with Crippen molar-refractivity contribution in [3.05, 3.63) is 35.0 Å². The number of hydrogen-bond donors (Lipinski definition) is 0. The molecule has 3 nitrogen and oxygen atoms in total. The number of nitriles is 1. The zero-order valence-corrected chi connectivity index (χ0v) is 9.60. The Morgan fingerprint density at radius 1 is 1.47 bits per heavy atom. The maximum Gasteiger partial charge on any atom is 0.194 e. The molecule has 0 aliphatic rings. The second-order valence-corrected chi connectivity index (χ2v) is 5.04. The first-order valence-corrected chi connectivity index (χ1v) is 5.94. The third-order valence-electron chi connectivity index (χ3n) is 1.64. The Kier molecular flexibility index (Phi) is 2.99. The van der Waals surface area contributed by atoms with E-state index in [1.807, 2.05) is 30.5 Å². The average Bonchev–Trinajstić information content (AvgIpc) is 2.69. The molecule has 2 aromatic heterocycles. The normalized spacial score (nSPS) is 9.87. The van der Waals surface area contributed by atoms with E-state index < -0.39 is 0 Å². The topological polar surface area (TPSA) is 49.6 Å². The Morgan fingerprint density at radius 3 is 3.00 bits per heavy atom. The van der Waals surface area contributed by atoms with Crippen molar-refractivity contribution in [2.45, 2.75) is 16.3 Å². The van der Waals surface area contributed by atoms with Crippen molar-refractivity contribution in [2.75, 3.05) is 0 Å². The van der Waals surface area contributed by atoms with Gasteiger partial charge in [0.2, 0.25) is 0 Å². The summed E-state index contributed by atoms with van der Waals surface area (Å²) in [5, 5.41) is 11.4. The summed E-state index contributed by atoms with van der Waals surface area (Å²) in [4.78, 5) is 8.39. The summed E-state index contributed by atoms with van der Waals surface area (Å²) in [7, 11) is 0. The number of thiophene rings is 1. The van der Waals surface area contributed by atoms with E-state index in [1.54, 1.807) is 17.4 Å². The summed E-state index contributed by atoms with van der Waals surface area (Å²) in [5.74, 6) is 0. The lowest BCUT2D eigenvalue weighted by Gasteiger charge is -1.98. The largest absolute Gasteiger partial charge is 0.228 e. The van der Waals surface area contributed by atoms with Gasteiger partial charge in [0.25, 0.3) is 0 Å². The van der Waals surface area contributed by atoms with Gasteiger partial charge in [-0.1, -0.05) is 6.07 Å². The van der Waals surface area contributed by atoms with Crippen LogP contribution in [0.4, 0.5) is 0 Å². The molecule has 0 spiro atoms. The van der Waals surface area contributed by atoms with Crippen LogP contribution in [0.25, 0.3) is 0 Å². The zero-order valence-electron chi connectivity index (χ0n) is 7.97. The quantitative estimate of drug-likeness (QED) is 0.748. The minimum Gasteiger partial charge on any atom is -0.228 e. The van der Waals surface area contributed by atoms with Gasteiger partial charge in [0.1, 0.15) is 11.8 Å². The first kappa shape index (κ1) is 10.1. The van der Waals surface area contributed by atoms with Gasteiger partial charge in [-0.25, -0.2) is 9.97 Å². The average molecular weight is 233 g/mol. The SMILES string of the molecule is Cc1cc(C#N)nc(Sc2cccs2)n1. The van der Waals surface area contributed by atoms with Gasteiger partial charge in [-0.2, -0.15) is 5.26 Å². The number of nitrogens with zero attached hydrogens (tertiary/aromatic N) is 3. The first-order chi connectivity index (χ1) is 7.28. The van der Waals surface area contributed by atoms with Gasteiger partial charge in [-0.3, -0.25) is 0 Å². The van der Waals surface area contributed by atoms with Crippen molar-refractivity contribution in [3.8, 4) is 6.07 Å². The Labute approximate surface area is 95.8 Å². The highest BCUT2D eigenvalue weighted by molar-refractivity contribution is 8.01. The van der Waals surface area contributed by atoms with E-state index in [-0.39, 0.29) is 0 Å². The van der Waals surface area contributed by atoms with Crippen molar-refractivity contribution >= 4 is 23.1 Å². The van der Waals surface area contributed by atoms with Crippen LogP contribution in [-0.2, 0) is 0 Å². The highest BCUT2D eigenvalue weighted by Crippen LogP contribution is 2.28. The molecule has 0 unspecified atom stereocenters. The minimum absolute atomic E-state index is 0.418. The highest BCUT2D eigenvalue weighted by atomic mass is 32.2. The Morgan fingerprint density at radius 2 is 2.33 bits per heavy atom. The third kappa shape index (κ3) is 2.55. The summed E-state index contributed by atoms with van der Waals surface area (Å²) in [5.41, 5.74) is 1.24. The van der Waals surface area contributed by atoms with Crippen LogP contribution >= 0.6 is 23.1 Å². The summed E-state index contributed by atoms with van der Waals surface area (Å²) < 4.78 is 1.13. The molecule has 0 aliphatic heterocycles. The van der Waals surface area contributed by atoms with Crippen LogP contribution in [0.5, 0.6) is 0 Å². The van der Waals surface area contributed by atoms with E-state index in [2.05, 4.69) is 9.97 Å². The van der Waals surface area contributed by atoms with Crippen LogP contribution in [0.1, 0.15) is 11.4 Å².